The van der Waals surface area contributed by atoms with E-state index >= 15 is 0 Å². The van der Waals surface area contributed by atoms with E-state index in [0.717, 1.165) is 6.54 Å². The SMILES string of the molecule is CC(C)(N)CN1C2CCC1c1ccccc12.Cl. The molecule has 1 fully saturated rings. The third kappa shape index (κ3) is 2.10. The zero-order valence-corrected chi connectivity index (χ0v) is 11.3. The maximum absolute atomic E-state index is 6.16. The molecule has 3 heteroatoms. The average Bonchev–Trinajstić information content (AvgIpc) is 2.72. The van der Waals surface area contributed by atoms with Crippen LogP contribution in [0, 0.1) is 0 Å². The second-order valence-electron chi connectivity index (χ2n) is 5.90. The summed E-state index contributed by atoms with van der Waals surface area (Å²) in [5, 5.41) is 0. The van der Waals surface area contributed by atoms with Gasteiger partial charge in [-0.15, -0.1) is 12.4 Å². The van der Waals surface area contributed by atoms with Gasteiger partial charge in [-0.05, 0) is 37.8 Å². The molecule has 0 aromatic heterocycles. The van der Waals surface area contributed by atoms with Gasteiger partial charge in [0.15, 0.2) is 0 Å². The fourth-order valence-electron chi connectivity index (χ4n) is 3.34. The van der Waals surface area contributed by atoms with Crippen molar-refractivity contribution in [3.63, 3.8) is 0 Å². The Kier molecular flexibility index (Phi) is 3.23. The largest absolute Gasteiger partial charge is 0.324 e. The lowest BCUT2D eigenvalue weighted by Crippen LogP contribution is -2.44. The van der Waals surface area contributed by atoms with Crippen molar-refractivity contribution in [3.8, 4) is 0 Å². The third-order valence-corrected chi connectivity index (χ3v) is 3.82. The first-order valence-electron chi connectivity index (χ1n) is 6.20. The normalized spacial score (nSPS) is 26.8. The van der Waals surface area contributed by atoms with Crippen molar-refractivity contribution in [1.82, 2.24) is 4.90 Å². The second kappa shape index (κ2) is 4.27. The van der Waals surface area contributed by atoms with Gasteiger partial charge in [0.2, 0.25) is 0 Å². The smallest absolute Gasteiger partial charge is 0.0359 e. The first kappa shape index (κ1) is 12.9. The van der Waals surface area contributed by atoms with Crippen molar-refractivity contribution in [2.24, 2.45) is 5.73 Å². The first-order valence-corrected chi connectivity index (χ1v) is 6.20. The maximum Gasteiger partial charge on any atom is 0.0359 e. The predicted octanol–water partition coefficient (Wildman–Crippen LogP) is 3.04. The highest BCUT2D eigenvalue weighted by Crippen LogP contribution is 2.52. The lowest BCUT2D eigenvalue weighted by atomic mass is 9.92. The Morgan fingerprint density at radius 3 is 2.06 bits per heavy atom. The van der Waals surface area contributed by atoms with E-state index < -0.39 is 0 Å². The van der Waals surface area contributed by atoms with Crippen LogP contribution in [-0.2, 0) is 0 Å². The fourth-order valence-corrected chi connectivity index (χ4v) is 3.34. The molecule has 3 rings (SSSR count). The van der Waals surface area contributed by atoms with Crippen LogP contribution in [0.1, 0.15) is 49.9 Å². The molecule has 2 nitrogen and oxygen atoms in total. The molecule has 0 aliphatic carbocycles. The summed E-state index contributed by atoms with van der Waals surface area (Å²) in [7, 11) is 0. The molecule has 0 spiro atoms. The van der Waals surface area contributed by atoms with E-state index in [1.807, 2.05) is 0 Å². The number of halogens is 1. The minimum atomic E-state index is -0.0944. The summed E-state index contributed by atoms with van der Waals surface area (Å²) in [5.74, 6) is 0. The Hall–Kier alpha value is -0.570. The molecule has 0 radical (unpaired) electrons. The van der Waals surface area contributed by atoms with Gasteiger partial charge in [-0.2, -0.15) is 0 Å². The third-order valence-electron chi connectivity index (χ3n) is 3.82. The van der Waals surface area contributed by atoms with E-state index in [-0.39, 0.29) is 17.9 Å². The van der Waals surface area contributed by atoms with Crippen molar-refractivity contribution >= 4 is 12.4 Å². The number of nitrogens with zero attached hydrogens (tertiary/aromatic N) is 1. The van der Waals surface area contributed by atoms with Gasteiger partial charge in [0.25, 0.3) is 0 Å². The molecule has 94 valence electrons. The predicted molar refractivity (Wildman–Crippen MR) is 73.4 cm³/mol. The van der Waals surface area contributed by atoms with E-state index in [4.69, 9.17) is 5.73 Å². The molecule has 0 saturated carbocycles. The average molecular weight is 253 g/mol. The summed E-state index contributed by atoms with van der Waals surface area (Å²) in [6.45, 7) is 5.24. The number of rotatable bonds is 2. The Morgan fingerprint density at radius 1 is 1.18 bits per heavy atom. The minimum absolute atomic E-state index is 0. The van der Waals surface area contributed by atoms with Crippen molar-refractivity contribution in [3.05, 3.63) is 35.4 Å². The van der Waals surface area contributed by atoms with Gasteiger partial charge in [0.05, 0.1) is 0 Å². The lowest BCUT2D eigenvalue weighted by molar-refractivity contribution is 0.182. The van der Waals surface area contributed by atoms with Crippen LogP contribution < -0.4 is 5.73 Å². The molecule has 0 amide bonds. The summed E-state index contributed by atoms with van der Waals surface area (Å²) in [6.07, 6.45) is 2.61. The van der Waals surface area contributed by atoms with Gasteiger partial charge in [0, 0.05) is 24.2 Å². The van der Waals surface area contributed by atoms with Crippen LogP contribution in [0.4, 0.5) is 0 Å². The highest BCUT2D eigenvalue weighted by molar-refractivity contribution is 5.85. The quantitative estimate of drug-likeness (QED) is 0.877. The van der Waals surface area contributed by atoms with Gasteiger partial charge >= 0.3 is 0 Å². The Morgan fingerprint density at radius 2 is 1.65 bits per heavy atom. The summed E-state index contributed by atoms with van der Waals surface area (Å²) in [4.78, 5) is 2.60. The van der Waals surface area contributed by atoms with Crippen LogP contribution in [0.25, 0.3) is 0 Å². The van der Waals surface area contributed by atoms with Gasteiger partial charge in [-0.1, -0.05) is 24.3 Å². The zero-order valence-electron chi connectivity index (χ0n) is 10.5. The first-order chi connectivity index (χ1) is 7.56. The Balaban J connectivity index is 0.00000108. The molecule has 1 aromatic rings. The molecule has 2 aliphatic heterocycles. The van der Waals surface area contributed by atoms with Gasteiger partial charge in [-0.25, -0.2) is 0 Å². The molecule has 2 heterocycles. The summed E-state index contributed by atoms with van der Waals surface area (Å²) < 4.78 is 0. The monoisotopic (exact) mass is 252 g/mol. The lowest BCUT2D eigenvalue weighted by Gasteiger charge is -2.30. The number of hydrogen-bond acceptors (Lipinski definition) is 2. The van der Waals surface area contributed by atoms with Crippen LogP contribution in [-0.4, -0.2) is 17.0 Å². The van der Waals surface area contributed by atoms with Crippen LogP contribution >= 0.6 is 12.4 Å². The minimum Gasteiger partial charge on any atom is -0.324 e. The van der Waals surface area contributed by atoms with Gasteiger partial charge in [-0.3, -0.25) is 4.90 Å². The molecule has 2 N–H and O–H groups in total. The van der Waals surface area contributed by atoms with Crippen molar-refractivity contribution in [2.75, 3.05) is 6.54 Å². The van der Waals surface area contributed by atoms with Gasteiger partial charge in [0.1, 0.15) is 0 Å². The Labute approximate surface area is 110 Å². The van der Waals surface area contributed by atoms with Crippen LogP contribution in [0.3, 0.4) is 0 Å². The van der Waals surface area contributed by atoms with E-state index in [1.165, 1.54) is 12.8 Å². The highest BCUT2D eigenvalue weighted by Gasteiger charge is 2.44. The van der Waals surface area contributed by atoms with Crippen molar-refractivity contribution in [2.45, 2.75) is 44.3 Å². The molecular weight excluding hydrogens is 232 g/mol. The number of hydrogen-bond donors (Lipinski definition) is 1. The number of nitrogens with two attached hydrogens (primary N) is 1. The Bertz CT molecular complexity index is 380. The topological polar surface area (TPSA) is 29.3 Å². The summed E-state index contributed by atoms with van der Waals surface area (Å²) >= 11 is 0. The van der Waals surface area contributed by atoms with E-state index in [9.17, 15) is 0 Å². The van der Waals surface area contributed by atoms with Crippen LogP contribution in [0.2, 0.25) is 0 Å². The molecule has 17 heavy (non-hydrogen) atoms. The standard InChI is InChI=1S/C14H20N2.ClH/c1-14(2,15)9-16-12-7-8-13(16)11-6-4-3-5-10(11)12;/h3-6,12-13H,7-9,15H2,1-2H3;1H. The number of benzene rings is 1. The van der Waals surface area contributed by atoms with E-state index in [0.29, 0.717) is 12.1 Å². The number of fused-ring (bicyclic) bond motifs is 5. The van der Waals surface area contributed by atoms with Crippen molar-refractivity contribution < 1.29 is 0 Å². The molecule has 2 atom stereocenters. The van der Waals surface area contributed by atoms with Crippen molar-refractivity contribution in [1.29, 1.82) is 0 Å². The summed E-state index contributed by atoms with van der Waals surface area (Å²) in [6, 6.07) is 10.1. The van der Waals surface area contributed by atoms with Crippen LogP contribution in [0.15, 0.2) is 24.3 Å². The molecule has 2 aliphatic rings. The van der Waals surface area contributed by atoms with Gasteiger partial charge < -0.3 is 5.73 Å². The molecule has 2 bridgehead atoms. The summed E-state index contributed by atoms with van der Waals surface area (Å²) in [5.41, 5.74) is 9.16. The van der Waals surface area contributed by atoms with E-state index in [1.54, 1.807) is 11.1 Å². The maximum atomic E-state index is 6.16. The molecule has 1 aromatic carbocycles. The second-order valence-corrected chi connectivity index (χ2v) is 5.90. The fraction of sp³-hybridized carbons (Fsp3) is 0.571. The zero-order chi connectivity index (χ0) is 11.3. The molecular formula is C14H21ClN2. The van der Waals surface area contributed by atoms with Crippen LogP contribution in [0.5, 0.6) is 0 Å². The molecule has 1 saturated heterocycles. The van der Waals surface area contributed by atoms with E-state index in [2.05, 4.69) is 43.0 Å². The molecule has 2 unspecified atom stereocenters. The highest BCUT2D eigenvalue weighted by atomic mass is 35.5.